The molecule has 4 atom stereocenters. The number of fused-ring (bicyclic) bond motifs is 1. The standard InChI is InChI=1S/C15H24/c1-10(2)13-7-8-14-11(3)5-6-12(4)15(14)9-13/h9,11-14H,1,5-8H2,2-4H3/t11-,12+,13+,14?/m1/s1. The molecule has 0 amide bonds. The topological polar surface area (TPSA) is 0 Å². The van der Waals surface area contributed by atoms with E-state index in [9.17, 15) is 0 Å². The Morgan fingerprint density at radius 3 is 2.60 bits per heavy atom. The van der Waals surface area contributed by atoms with Gasteiger partial charge < -0.3 is 0 Å². The predicted molar refractivity (Wildman–Crippen MR) is 66.7 cm³/mol. The van der Waals surface area contributed by atoms with Gasteiger partial charge in [0.1, 0.15) is 0 Å². The molecule has 15 heavy (non-hydrogen) atoms. The van der Waals surface area contributed by atoms with Crippen molar-refractivity contribution in [3.63, 3.8) is 0 Å². The summed E-state index contributed by atoms with van der Waals surface area (Å²) in [4.78, 5) is 0. The normalized spacial score (nSPS) is 40.6. The van der Waals surface area contributed by atoms with Gasteiger partial charge in [-0.05, 0) is 56.3 Å². The number of rotatable bonds is 1. The first-order valence-corrected chi connectivity index (χ1v) is 6.46. The lowest BCUT2D eigenvalue weighted by atomic mass is 9.65. The fourth-order valence-electron chi connectivity index (χ4n) is 3.38. The Bertz CT molecular complexity index is 284. The van der Waals surface area contributed by atoms with Crippen molar-refractivity contribution < 1.29 is 0 Å². The van der Waals surface area contributed by atoms with Gasteiger partial charge >= 0.3 is 0 Å². The highest BCUT2D eigenvalue weighted by molar-refractivity contribution is 5.22. The van der Waals surface area contributed by atoms with Crippen molar-refractivity contribution in [1.29, 1.82) is 0 Å². The minimum absolute atomic E-state index is 0.670. The van der Waals surface area contributed by atoms with Gasteiger partial charge in [-0.15, -0.1) is 0 Å². The summed E-state index contributed by atoms with van der Waals surface area (Å²) in [7, 11) is 0. The van der Waals surface area contributed by atoms with Gasteiger partial charge in [0.05, 0.1) is 0 Å². The summed E-state index contributed by atoms with van der Waals surface area (Å²) in [6, 6.07) is 0. The molecule has 1 unspecified atom stereocenters. The molecule has 0 heteroatoms. The van der Waals surface area contributed by atoms with Gasteiger partial charge in [-0.25, -0.2) is 0 Å². The van der Waals surface area contributed by atoms with Gasteiger partial charge in [0.15, 0.2) is 0 Å². The van der Waals surface area contributed by atoms with E-state index in [0.717, 1.165) is 17.8 Å². The molecule has 0 aromatic heterocycles. The minimum atomic E-state index is 0.670. The first-order valence-electron chi connectivity index (χ1n) is 6.46. The second-order valence-corrected chi connectivity index (χ2v) is 5.76. The Morgan fingerprint density at radius 1 is 1.20 bits per heavy atom. The smallest absolute Gasteiger partial charge is 0.00256 e. The van der Waals surface area contributed by atoms with Crippen LogP contribution in [-0.2, 0) is 0 Å². The average Bonchev–Trinajstić information content (AvgIpc) is 2.23. The summed E-state index contributed by atoms with van der Waals surface area (Å²) in [6.07, 6.45) is 8.11. The zero-order valence-electron chi connectivity index (χ0n) is 10.4. The fourth-order valence-corrected chi connectivity index (χ4v) is 3.38. The molecule has 0 aromatic rings. The Hall–Kier alpha value is -0.520. The molecule has 0 saturated heterocycles. The molecule has 1 saturated carbocycles. The van der Waals surface area contributed by atoms with E-state index in [-0.39, 0.29) is 0 Å². The summed E-state index contributed by atoms with van der Waals surface area (Å²) in [5.41, 5.74) is 3.11. The van der Waals surface area contributed by atoms with Gasteiger partial charge in [-0.2, -0.15) is 0 Å². The number of allylic oxidation sites excluding steroid dienone is 3. The Morgan fingerprint density at radius 2 is 1.93 bits per heavy atom. The fraction of sp³-hybridized carbons (Fsp3) is 0.733. The van der Waals surface area contributed by atoms with Crippen molar-refractivity contribution in [3.05, 3.63) is 23.8 Å². The van der Waals surface area contributed by atoms with Crippen molar-refractivity contribution in [1.82, 2.24) is 0 Å². The third-order valence-corrected chi connectivity index (χ3v) is 4.55. The molecule has 0 aliphatic heterocycles. The molecule has 0 heterocycles. The van der Waals surface area contributed by atoms with E-state index in [4.69, 9.17) is 0 Å². The first kappa shape index (κ1) is 11.0. The molecule has 1 fully saturated rings. The highest BCUT2D eigenvalue weighted by atomic mass is 14.4. The second-order valence-electron chi connectivity index (χ2n) is 5.76. The lowest BCUT2D eigenvalue weighted by molar-refractivity contribution is 0.248. The van der Waals surface area contributed by atoms with Gasteiger partial charge in [-0.3, -0.25) is 0 Å². The predicted octanol–water partition coefficient (Wildman–Crippen LogP) is 4.58. The van der Waals surface area contributed by atoms with E-state index >= 15 is 0 Å². The maximum atomic E-state index is 4.12. The van der Waals surface area contributed by atoms with Crippen LogP contribution in [0.15, 0.2) is 23.8 Å². The summed E-state index contributed by atoms with van der Waals surface area (Å²) < 4.78 is 0. The van der Waals surface area contributed by atoms with Crippen LogP contribution in [0.1, 0.15) is 46.5 Å². The van der Waals surface area contributed by atoms with Gasteiger partial charge in [-0.1, -0.05) is 37.6 Å². The first-order chi connectivity index (χ1) is 7.09. The number of hydrogen-bond donors (Lipinski definition) is 0. The largest absolute Gasteiger partial charge is 0.0995 e. The van der Waals surface area contributed by atoms with Crippen LogP contribution in [0, 0.1) is 23.7 Å². The van der Waals surface area contributed by atoms with Crippen LogP contribution < -0.4 is 0 Å². The van der Waals surface area contributed by atoms with Gasteiger partial charge in [0.25, 0.3) is 0 Å². The monoisotopic (exact) mass is 204 g/mol. The van der Waals surface area contributed by atoms with Crippen molar-refractivity contribution >= 4 is 0 Å². The highest BCUT2D eigenvalue weighted by Gasteiger charge is 2.33. The lowest BCUT2D eigenvalue weighted by Gasteiger charge is -2.40. The van der Waals surface area contributed by atoms with E-state index in [2.05, 4.69) is 33.4 Å². The summed E-state index contributed by atoms with van der Waals surface area (Å²) in [5, 5.41) is 0. The zero-order chi connectivity index (χ0) is 11.0. The van der Waals surface area contributed by atoms with E-state index in [1.807, 2.05) is 0 Å². The maximum Gasteiger partial charge on any atom is -0.00256 e. The molecule has 0 radical (unpaired) electrons. The summed E-state index contributed by atoms with van der Waals surface area (Å²) in [6.45, 7) is 11.1. The Balaban J connectivity index is 2.23. The minimum Gasteiger partial charge on any atom is -0.0995 e. The van der Waals surface area contributed by atoms with Crippen molar-refractivity contribution in [2.24, 2.45) is 23.7 Å². The van der Waals surface area contributed by atoms with Gasteiger partial charge in [0, 0.05) is 0 Å². The van der Waals surface area contributed by atoms with E-state index < -0.39 is 0 Å². The van der Waals surface area contributed by atoms with Crippen LogP contribution in [0.2, 0.25) is 0 Å². The lowest BCUT2D eigenvalue weighted by Crippen LogP contribution is -2.28. The molecule has 0 spiro atoms. The van der Waals surface area contributed by atoms with Crippen LogP contribution in [0.25, 0.3) is 0 Å². The molecule has 0 aromatic carbocycles. The van der Waals surface area contributed by atoms with Crippen molar-refractivity contribution in [3.8, 4) is 0 Å². The van der Waals surface area contributed by atoms with Crippen molar-refractivity contribution in [2.75, 3.05) is 0 Å². The second kappa shape index (κ2) is 4.15. The SMILES string of the molecule is C=C(C)[C@@H]1C=C2C(CC1)[C@H](C)CC[C@@H]2C. The van der Waals surface area contributed by atoms with Crippen LogP contribution in [0.3, 0.4) is 0 Å². The van der Waals surface area contributed by atoms with Crippen LogP contribution in [0.4, 0.5) is 0 Å². The molecule has 84 valence electrons. The van der Waals surface area contributed by atoms with E-state index in [1.165, 1.54) is 31.3 Å². The molecule has 2 aliphatic carbocycles. The van der Waals surface area contributed by atoms with Crippen LogP contribution >= 0.6 is 0 Å². The Kier molecular flexibility index (Phi) is 3.04. The Labute approximate surface area is 94.5 Å². The summed E-state index contributed by atoms with van der Waals surface area (Å²) >= 11 is 0. The third kappa shape index (κ3) is 2.04. The average molecular weight is 204 g/mol. The molecule has 0 nitrogen and oxygen atoms in total. The van der Waals surface area contributed by atoms with Crippen LogP contribution in [-0.4, -0.2) is 0 Å². The van der Waals surface area contributed by atoms with Gasteiger partial charge in [0.2, 0.25) is 0 Å². The zero-order valence-corrected chi connectivity index (χ0v) is 10.4. The number of hydrogen-bond acceptors (Lipinski definition) is 0. The third-order valence-electron chi connectivity index (χ3n) is 4.55. The molecule has 2 rings (SSSR count). The van der Waals surface area contributed by atoms with Crippen LogP contribution in [0.5, 0.6) is 0 Å². The summed E-state index contributed by atoms with van der Waals surface area (Å²) in [5.74, 6) is 3.31. The van der Waals surface area contributed by atoms with Crippen molar-refractivity contribution in [2.45, 2.75) is 46.5 Å². The molecule has 2 aliphatic rings. The molecule has 0 N–H and O–H groups in total. The molecular weight excluding hydrogens is 180 g/mol. The quantitative estimate of drug-likeness (QED) is 0.548. The maximum absolute atomic E-state index is 4.12. The van der Waals surface area contributed by atoms with E-state index in [1.54, 1.807) is 5.57 Å². The highest BCUT2D eigenvalue weighted by Crippen LogP contribution is 2.45. The van der Waals surface area contributed by atoms with E-state index in [0.29, 0.717) is 5.92 Å². The molecular formula is C15H24. The molecule has 0 bridgehead atoms.